The molecule has 2 N–H and O–H groups in total. The van der Waals surface area contributed by atoms with Crippen molar-refractivity contribution >= 4 is 23.7 Å². The van der Waals surface area contributed by atoms with Crippen LogP contribution in [0.2, 0.25) is 0 Å². The van der Waals surface area contributed by atoms with Crippen LogP contribution < -0.4 is 5.32 Å². The van der Waals surface area contributed by atoms with Gasteiger partial charge in [-0.3, -0.25) is 9.59 Å². The highest BCUT2D eigenvalue weighted by molar-refractivity contribution is 6.29. The molecule has 1 unspecified atom stereocenters. The van der Waals surface area contributed by atoms with Gasteiger partial charge < -0.3 is 15.2 Å². The van der Waals surface area contributed by atoms with E-state index in [9.17, 15) is 29.1 Å². The van der Waals surface area contributed by atoms with Crippen LogP contribution in [0, 0.1) is 17.1 Å². The number of aliphatic hydroxyl groups excluding tert-OH is 1. The molecule has 1 amide bonds. The first-order chi connectivity index (χ1) is 10.4. The molecule has 1 aromatic carbocycles. The Kier molecular flexibility index (Phi) is 3.78. The van der Waals surface area contributed by atoms with Crippen molar-refractivity contribution in [3.05, 3.63) is 40.7 Å². The Bertz CT molecular complexity index is 763. The molecule has 0 saturated heterocycles. The van der Waals surface area contributed by atoms with Crippen molar-refractivity contribution < 1.29 is 23.9 Å². The SMILES string of the molecule is CC1(C#N)C(=O)C(C(=O)NCC=O)=C(O)c2ccc(F)cc21. The first-order valence-electron chi connectivity index (χ1n) is 6.28. The summed E-state index contributed by atoms with van der Waals surface area (Å²) in [4.78, 5) is 34.7. The minimum Gasteiger partial charge on any atom is -0.506 e. The van der Waals surface area contributed by atoms with Crippen LogP contribution in [0.15, 0.2) is 23.8 Å². The zero-order chi connectivity index (χ0) is 16.5. The van der Waals surface area contributed by atoms with E-state index in [0.29, 0.717) is 6.29 Å². The van der Waals surface area contributed by atoms with Crippen molar-refractivity contribution in [1.82, 2.24) is 5.32 Å². The topological polar surface area (TPSA) is 107 Å². The van der Waals surface area contributed by atoms with Crippen molar-refractivity contribution in [1.29, 1.82) is 5.26 Å². The Balaban J connectivity index is 2.70. The average molecular weight is 302 g/mol. The molecule has 0 fully saturated rings. The molecule has 0 heterocycles. The van der Waals surface area contributed by atoms with Crippen LogP contribution in [-0.2, 0) is 19.8 Å². The quantitative estimate of drug-likeness (QED) is 0.633. The predicted molar refractivity (Wildman–Crippen MR) is 73.0 cm³/mol. The van der Waals surface area contributed by atoms with E-state index in [2.05, 4.69) is 5.32 Å². The highest BCUT2D eigenvalue weighted by atomic mass is 19.1. The number of nitriles is 1. The van der Waals surface area contributed by atoms with E-state index in [1.54, 1.807) is 6.07 Å². The highest BCUT2D eigenvalue weighted by Crippen LogP contribution is 2.39. The molecule has 1 atom stereocenters. The molecule has 6 nitrogen and oxygen atoms in total. The lowest BCUT2D eigenvalue weighted by atomic mass is 9.70. The number of hydrogen-bond donors (Lipinski definition) is 2. The third-order valence-electron chi connectivity index (χ3n) is 3.49. The molecule has 0 saturated carbocycles. The largest absolute Gasteiger partial charge is 0.506 e. The number of ketones is 1. The molecule has 1 aliphatic rings. The summed E-state index contributed by atoms with van der Waals surface area (Å²) in [5.74, 6) is -3.23. The summed E-state index contributed by atoms with van der Waals surface area (Å²) in [6, 6.07) is 4.98. The maximum absolute atomic E-state index is 13.4. The van der Waals surface area contributed by atoms with Crippen molar-refractivity contribution in [3.8, 4) is 6.07 Å². The number of fused-ring (bicyclic) bond motifs is 1. The van der Waals surface area contributed by atoms with Gasteiger partial charge in [0, 0.05) is 5.56 Å². The monoisotopic (exact) mass is 302 g/mol. The summed E-state index contributed by atoms with van der Waals surface area (Å²) in [5.41, 5.74) is -2.41. The molecule has 1 aromatic rings. The molecule has 112 valence electrons. The van der Waals surface area contributed by atoms with E-state index in [1.165, 1.54) is 13.0 Å². The van der Waals surface area contributed by atoms with E-state index in [4.69, 9.17) is 0 Å². The normalized spacial score (nSPS) is 20.1. The van der Waals surface area contributed by atoms with Crippen LogP contribution in [0.3, 0.4) is 0 Å². The molecule has 2 rings (SSSR count). The number of carbonyl (C=O) groups is 3. The van der Waals surface area contributed by atoms with E-state index in [0.717, 1.165) is 12.1 Å². The maximum Gasteiger partial charge on any atom is 0.259 e. The zero-order valence-electron chi connectivity index (χ0n) is 11.5. The third-order valence-corrected chi connectivity index (χ3v) is 3.49. The van der Waals surface area contributed by atoms with Gasteiger partial charge in [0.25, 0.3) is 5.91 Å². The van der Waals surface area contributed by atoms with E-state index >= 15 is 0 Å². The number of Topliss-reactive ketones (excluding diaryl/α,β-unsaturated/α-hetero) is 1. The first-order valence-corrected chi connectivity index (χ1v) is 6.28. The second-order valence-corrected chi connectivity index (χ2v) is 4.86. The van der Waals surface area contributed by atoms with Gasteiger partial charge in [-0.2, -0.15) is 5.26 Å². The van der Waals surface area contributed by atoms with Crippen molar-refractivity contribution in [2.45, 2.75) is 12.3 Å². The standard InChI is InChI=1S/C15H11FN2O4/c1-15(7-17)10-6-8(16)2-3-9(10)12(20)11(13(15)21)14(22)18-4-5-19/h2-3,5-6,20H,4H2,1H3,(H,18,22). The fourth-order valence-corrected chi connectivity index (χ4v) is 2.30. The number of amides is 1. The van der Waals surface area contributed by atoms with Crippen LogP contribution in [0.1, 0.15) is 18.1 Å². The van der Waals surface area contributed by atoms with E-state index in [-0.39, 0.29) is 17.7 Å². The Labute approximate surface area is 124 Å². The summed E-state index contributed by atoms with van der Waals surface area (Å²) in [5, 5.41) is 21.6. The molecule has 0 bridgehead atoms. The number of hydrogen-bond acceptors (Lipinski definition) is 5. The number of aliphatic hydroxyl groups is 1. The molecule has 7 heteroatoms. The summed E-state index contributed by atoms with van der Waals surface area (Å²) in [6.45, 7) is 0.898. The Hall–Kier alpha value is -3.01. The predicted octanol–water partition coefficient (Wildman–Crippen LogP) is 0.774. The Morgan fingerprint density at radius 1 is 1.55 bits per heavy atom. The molecule has 0 radical (unpaired) electrons. The van der Waals surface area contributed by atoms with Gasteiger partial charge in [0.15, 0.2) is 5.78 Å². The molecule has 0 aromatic heterocycles. The first kappa shape index (κ1) is 15.4. The minimum absolute atomic E-state index is 0.00978. The lowest BCUT2D eigenvalue weighted by Crippen LogP contribution is -2.42. The summed E-state index contributed by atoms with van der Waals surface area (Å²) in [6.07, 6.45) is 0.412. The number of rotatable bonds is 3. The van der Waals surface area contributed by atoms with E-state index in [1.807, 2.05) is 0 Å². The molecule has 0 spiro atoms. The Morgan fingerprint density at radius 2 is 2.23 bits per heavy atom. The molecule has 22 heavy (non-hydrogen) atoms. The number of nitrogens with one attached hydrogen (secondary N) is 1. The number of carbonyl (C=O) groups excluding carboxylic acids is 3. The van der Waals surface area contributed by atoms with Crippen LogP contribution in [0.25, 0.3) is 5.76 Å². The average Bonchev–Trinajstić information content (AvgIpc) is 2.50. The maximum atomic E-state index is 13.4. The summed E-state index contributed by atoms with van der Waals surface area (Å²) >= 11 is 0. The van der Waals surface area contributed by atoms with Crippen LogP contribution in [0.5, 0.6) is 0 Å². The zero-order valence-corrected chi connectivity index (χ0v) is 11.5. The lowest BCUT2D eigenvalue weighted by molar-refractivity contribution is -0.125. The third kappa shape index (κ3) is 2.15. The van der Waals surface area contributed by atoms with Crippen molar-refractivity contribution in [2.75, 3.05) is 6.54 Å². The van der Waals surface area contributed by atoms with Gasteiger partial charge in [-0.1, -0.05) is 0 Å². The highest BCUT2D eigenvalue weighted by Gasteiger charge is 2.47. The Morgan fingerprint density at radius 3 is 2.82 bits per heavy atom. The molecule has 1 aliphatic carbocycles. The number of nitrogens with zero attached hydrogens (tertiary/aromatic N) is 1. The summed E-state index contributed by atoms with van der Waals surface area (Å²) < 4.78 is 13.4. The van der Waals surface area contributed by atoms with Gasteiger partial charge in [-0.25, -0.2) is 4.39 Å². The smallest absolute Gasteiger partial charge is 0.259 e. The van der Waals surface area contributed by atoms with Gasteiger partial charge in [0.05, 0.1) is 12.6 Å². The summed E-state index contributed by atoms with van der Waals surface area (Å²) in [7, 11) is 0. The van der Waals surface area contributed by atoms with Crippen LogP contribution in [0.4, 0.5) is 4.39 Å². The van der Waals surface area contributed by atoms with Crippen LogP contribution in [-0.4, -0.2) is 29.6 Å². The van der Waals surface area contributed by atoms with Gasteiger partial charge in [0.1, 0.15) is 28.9 Å². The number of benzene rings is 1. The minimum atomic E-state index is -1.81. The van der Waals surface area contributed by atoms with Crippen LogP contribution >= 0.6 is 0 Å². The molecular weight excluding hydrogens is 291 g/mol. The van der Waals surface area contributed by atoms with Gasteiger partial charge in [-0.05, 0) is 30.7 Å². The van der Waals surface area contributed by atoms with Gasteiger partial charge >= 0.3 is 0 Å². The second kappa shape index (κ2) is 5.41. The fraction of sp³-hybridized carbons (Fsp3) is 0.200. The van der Waals surface area contributed by atoms with Crippen molar-refractivity contribution in [3.63, 3.8) is 0 Å². The van der Waals surface area contributed by atoms with Crippen molar-refractivity contribution in [2.24, 2.45) is 0 Å². The number of halogens is 1. The lowest BCUT2D eigenvalue weighted by Gasteiger charge is -2.29. The second-order valence-electron chi connectivity index (χ2n) is 4.86. The number of aldehydes is 1. The fourth-order valence-electron chi connectivity index (χ4n) is 2.30. The molecular formula is C15H11FN2O4. The van der Waals surface area contributed by atoms with Gasteiger partial charge in [-0.15, -0.1) is 0 Å². The molecule has 0 aliphatic heterocycles. The van der Waals surface area contributed by atoms with Gasteiger partial charge in [0.2, 0.25) is 0 Å². The van der Waals surface area contributed by atoms with E-state index < -0.39 is 34.3 Å².